The Kier molecular flexibility index (Phi) is 8.75. The highest BCUT2D eigenvalue weighted by Crippen LogP contribution is 2.41. The Bertz CT molecular complexity index is 570. The van der Waals surface area contributed by atoms with Gasteiger partial charge in [0.15, 0.2) is 0 Å². The summed E-state index contributed by atoms with van der Waals surface area (Å²) in [6.07, 6.45) is 27.4. The second-order valence-electron chi connectivity index (χ2n) is 12.5. The Labute approximate surface area is 193 Å². The fourth-order valence-electron chi connectivity index (χ4n) is 7.69. The van der Waals surface area contributed by atoms with Gasteiger partial charge in [-0.15, -0.1) is 0 Å². The van der Waals surface area contributed by atoms with Crippen LogP contribution in [0.4, 0.5) is 0 Å². The molecule has 0 aliphatic heterocycles. The Morgan fingerprint density at radius 2 is 1.13 bits per heavy atom. The van der Waals surface area contributed by atoms with E-state index in [1.54, 1.807) is 12.0 Å². The van der Waals surface area contributed by atoms with Crippen molar-refractivity contribution < 1.29 is 4.79 Å². The first-order chi connectivity index (χ1) is 15.0. The number of rotatable bonds is 6. The van der Waals surface area contributed by atoms with E-state index in [1.165, 1.54) is 96.3 Å². The fourth-order valence-corrected chi connectivity index (χ4v) is 7.69. The number of ketones is 1. The van der Waals surface area contributed by atoms with Gasteiger partial charge in [0.25, 0.3) is 0 Å². The van der Waals surface area contributed by atoms with E-state index in [0.29, 0.717) is 5.78 Å². The van der Waals surface area contributed by atoms with Crippen LogP contribution in [0.15, 0.2) is 11.6 Å². The lowest BCUT2D eigenvalue weighted by molar-refractivity contribution is -0.121. The first kappa shape index (κ1) is 23.6. The van der Waals surface area contributed by atoms with Crippen LogP contribution in [0.25, 0.3) is 0 Å². The summed E-state index contributed by atoms with van der Waals surface area (Å²) in [7, 11) is 0. The van der Waals surface area contributed by atoms with Crippen LogP contribution in [-0.4, -0.2) is 5.78 Å². The van der Waals surface area contributed by atoms with Gasteiger partial charge in [0.2, 0.25) is 0 Å². The van der Waals surface area contributed by atoms with Crippen molar-refractivity contribution in [3.05, 3.63) is 11.6 Å². The molecule has 4 rings (SSSR count). The van der Waals surface area contributed by atoms with Gasteiger partial charge in [0.05, 0.1) is 0 Å². The molecule has 0 aromatic rings. The third kappa shape index (κ3) is 7.20. The standard InChI is InChI=1S/C30H50O/c1-22-3-5-25(6-4-22)20-26-9-7-24(8-10-26)19-23(2)29-15-11-27(12-16-29)21-28-13-17-30(31)18-14-28/h19,22,24-29H,3-18,20-21H2,1-2H3. The second kappa shape index (κ2) is 11.5. The summed E-state index contributed by atoms with van der Waals surface area (Å²) in [6, 6.07) is 0. The molecule has 0 radical (unpaired) electrons. The largest absolute Gasteiger partial charge is 0.300 e. The highest BCUT2D eigenvalue weighted by atomic mass is 16.1. The molecule has 31 heavy (non-hydrogen) atoms. The molecule has 1 nitrogen and oxygen atoms in total. The summed E-state index contributed by atoms with van der Waals surface area (Å²) in [5.74, 6) is 7.13. The second-order valence-corrected chi connectivity index (χ2v) is 12.5. The first-order valence-electron chi connectivity index (χ1n) is 14.2. The van der Waals surface area contributed by atoms with Crippen molar-refractivity contribution in [2.75, 3.05) is 0 Å². The molecule has 0 unspecified atom stereocenters. The van der Waals surface area contributed by atoms with E-state index in [-0.39, 0.29) is 0 Å². The average molecular weight is 427 g/mol. The first-order valence-corrected chi connectivity index (χ1v) is 14.2. The molecule has 0 N–H and O–H groups in total. The predicted octanol–water partition coefficient (Wildman–Crippen LogP) is 8.91. The minimum absolute atomic E-state index is 0.512. The molecule has 1 heteroatoms. The van der Waals surface area contributed by atoms with E-state index < -0.39 is 0 Å². The molecule has 0 heterocycles. The van der Waals surface area contributed by atoms with Gasteiger partial charge in [-0.1, -0.05) is 44.3 Å². The molecule has 0 saturated heterocycles. The number of hydrogen-bond acceptors (Lipinski definition) is 1. The van der Waals surface area contributed by atoms with Gasteiger partial charge in [0.1, 0.15) is 5.78 Å². The summed E-state index contributed by atoms with van der Waals surface area (Å²) in [6.45, 7) is 4.90. The SMILES string of the molecule is CC(=CC1CCC(CC2CCC(C)CC2)CC1)C1CCC(CC2CCC(=O)CC2)CC1. The van der Waals surface area contributed by atoms with E-state index in [2.05, 4.69) is 19.9 Å². The fraction of sp³-hybridized carbons (Fsp3) is 0.900. The Hall–Kier alpha value is -0.590. The minimum atomic E-state index is 0.512. The molecule has 176 valence electrons. The number of allylic oxidation sites excluding steroid dienone is 2. The van der Waals surface area contributed by atoms with Gasteiger partial charge in [-0.3, -0.25) is 4.79 Å². The maximum atomic E-state index is 11.5. The Balaban J connectivity index is 1.14. The van der Waals surface area contributed by atoms with E-state index in [9.17, 15) is 4.79 Å². The van der Waals surface area contributed by atoms with Gasteiger partial charge in [-0.25, -0.2) is 0 Å². The van der Waals surface area contributed by atoms with Crippen LogP contribution in [0.3, 0.4) is 0 Å². The smallest absolute Gasteiger partial charge is 0.132 e. The molecule has 0 spiro atoms. The molecule has 4 aliphatic rings. The molecule has 4 fully saturated rings. The lowest BCUT2D eigenvalue weighted by Gasteiger charge is -2.34. The van der Waals surface area contributed by atoms with Crippen molar-refractivity contribution in [3.63, 3.8) is 0 Å². The van der Waals surface area contributed by atoms with Crippen molar-refractivity contribution in [2.24, 2.45) is 41.4 Å². The number of carbonyl (C=O) groups excluding carboxylic acids is 1. The van der Waals surface area contributed by atoms with Crippen LogP contribution in [0.5, 0.6) is 0 Å². The number of hydrogen-bond donors (Lipinski definition) is 0. The van der Waals surface area contributed by atoms with Crippen molar-refractivity contribution in [1.29, 1.82) is 0 Å². The van der Waals surface area contributed by atoms with Gasteiger partial charge < -0.3 is 0 Å². The van der Waals surface area contributed by atoms with Crippen LogP contribution in [0, 0.1) is 41.4 Å². The highest BCUT2D eigenvalue weighted by molar-refractivity contribution is 5.79. The molecule has 4 saturated carbocycles. The van der Waals surface area contributed by atoms with Gasteiger partial charge in [-0.05, 0) is 125 Å². The monoisotopic (exact) mass is 426 g/mol. The van der Waals surface area contributed by atoms with Crippen LogP contribution >= 0.6 is 0 Å². The van der Waals surface area contributed by atoms with E-state index in [0.717, 1.165) is 54.3 Å². The molecular formula is C30H50O. The maximum absolute atomic E-state index is 11.5. The third-order valence-corrected chi connectivity index (χ3v) is 10.0. The third-order valence-electron chi connectivity index (χ3n) is 10.0. The zero-order valence-corrected chi connectivity index (χ0v) is 20.8. The molecule has 0 aromatic heterocycles. The maximum Gasteiger partial charge on any atom is 0.132 e. The molecule has 0 aromatic carbocycles. The molecular weight excluding hydrogens is 376 g/mol. The lowest BCUT2D eigenvalue weighted by atomic mass is 9.71. The van der Waals surface area contributed by atoms with Crippen LogP contribution < -0.4 is 0 Å². The van der Waals surface area contributed by atoms with Gasteiger partial charge >= 0.3 is 0 Å². The van der Waals surface area contributed by atoms with E-state index >= 15 is 0 Å². The minimum Gasteiger partial charge on any atom is -0.300 e. The summed E-state index contributed by atoms with van der Waals surface area (Å²) in [4.78, 5) is 11.5. The van der Waals surface area contributed by atoms with Gasteiger partial charge in [0, 0.05) is 12.8 Å². The summed E-state index contributed by atoms with van der Waals surface area (Å²) < 4.78 is 0. The molecule has 0 atom stereocenters. The summed E-state index contributed by atoms with van der Waals surface area (Å²) >= 11 is 0. The van der Waals surface area contributed by atoms with Crippen molar-refractivity contribution in [1.82, 2.24) is 0 Å². The highest BCUT2D eigenvalue weighted by Gasteiger charge is 2.28. The van der Waals surface area contributed by atoms with E-state index in [1.807, 2.05) is 0 Å². The molecule has 4 aliphatic carbocycles. The number of carbonyl (C=O) groups is 1. The Morgan fingerprint density at radius 3 is 1.68 bits per heavy atom. The summed E-state index contributed by atoms with van der Waals surface area (Å²) in [5, 5.41) is 0. The molecule has 0 amide bonds. The lowest BCUT2D eigenvalue weighted by Crippen LogP contribution is -2.22. The molecule has 0 bridgehead atoms. The predicted molar refractivity (Wildman–Crippen MR) is 132 cm³/mol. The Morgan fingerprint density at radius 1 is 0.677 bits per heavy atom. The average Bonchev–Trinajstić information content (AvgIpc) is 2.79. The van der Waals surface area contributed by atoms with Gasteiger partial charge in [-0.2, -0.15) is 0 Å². The van der Waals surface area contributed by atoms with Crippen molar-refractivity contribution >= 4 is 5.78 Å². The van der Waals surface area contributed by atoms with Crippen LogP contribution in [0.1, 0.15) is 129 Å². The number of Topliss-reactive ketones (excluding diaryl/α,β-unsaturated/α-hetero) is 1. The van der Waals surface area contributed by atoms with Crippen molar-refractivity contribution in [2.45, 2.75) is 129 Å². The van der Waals surface area contributed by atoms with Crippen LogP contribution in [-0.2, 0) is 4.79 Å². The zero-order chi connectivity index (χ0) is 21.6. The van der Waals surface area contributed by atoms with Crippen molar-refractivity contribution in [3.8, 4) is 0 Å². The quantitative estimate of drug-likeness (QED) is 0.387. The van der Waals surface area contributed by atoms with Crippen LogP contribution in [0.2, 0.25) is 0 Å². The zero-order valence-electron chi connectivity index (χ0n) is 20.8. The van der Waals surface area contributed by atoms with E-state index in [4.69, 9.17) is 0 Å². The topological polar surface area (TPSA) is 17.1 Å². The summed E-state index contributed by atoms with van der Waals surface area (Å²) in [5.41, 5.74) is 1.73. The normalized spacial score (nSPS) is 38.9.